The molecular weight excluding hydrogens is 438 g/mol. The van der Waals surface area contributed by atoms with Crippen LogP contribution < -0.4 is 5.32 Å². The average Bonchev–Trinajstić information content (AvgIpc) is 3.30. The van der Waals surface area contributed by atoms with Crippen LogP contribution >= 0.6 is 0 Å². The number of nitrogens with one attached hydrogen (secondary N) is 1. The maximum atomic E-state index is 13.7. The van der Waals surface area contributed by atoms with Gasteiger partial charge in [-0.1, -0.05) is 30.3 Å². The maximum Gasteiger partial charge on any atom is 0.273 e. The minimum Gasteiger partial charge on any atom is -0.447 e. The summed E-state index contributed by atoms with van der Waals surface area (Å²) in [5.74, 6) is -0.610. The van der Waals surface area contributed by atoms with Gasteiger partial charge in [0, 0.05) is 37.9 Å². The second kappa shape index (κ2) is 11.3. The standard InChI is InChI=1S/C26H24F2N4O2/c27-21-9-7-19(8-10-21)15-32(16-20-4-3-5-22(28)14-20)17-25-31-24(18-34-25)26(33)30-13-11-23-6-1-2-12-29-23/h1-10,12,14,18H,11,13,15-17H2,(H,30,33). The lowest BCUT2D eigenvalue weighted by molar-refractivity contribution is 0.0949. The monoisotopic (exact) mass is 462 g/mol. The molecule has 1 amide bonds. The molecule has 6 nitrogen and oxygen atoms in total. The van der Waals surface area contributed by atoms with Crippen molar-refractivity contribution in [3.05, 3.63) is 119 Å². The second-order valence-corrected chi connectivity index (χ2v) is 7.86. The summed E-state index contributed by atoms with van der Waals surface area (Å²) in [5, 5.41) is 2.81. The third-order valence-electron chi connectivity index (χ3n) is 5.15. The SMILES string of the molecule is O=C(NCCc1ccccn1)c1coc(CN(Cc2ccc(F)cc2)Cc2cccc(F)c2)n1. The maximum absolute atomic E-state index is 13.7. The molecule has 0 aliphatic rings. The van der Waals surface area contributed by atoms with Gasteiger partial charge in [0.2, 0.25) is 5.89 Å². The highest BCUT2D eigenvalue weighted by atomic mass is 19.1. The first kappa shape index (κ1) is 23.3. The van der Waals surface area contributed by atoms with Crippen molar-refractivity contribution in [1.29, 1.82) is 0 Å². The molecule has 4 rings (SSSR count). The quantitative estimate of drug-likeness (QED) is 0.375. The van der Waals surface area contributed by atoms with E-state index in [1.807, 2.05) is 29.2 Å². The van der Waals surface area contributed by atoms with Gasteiger partial charge < -0.3 is 9.73 Å². The van der Waals surface area contributed by atoms with Crippen molar-refractivity contribution < 1.29 is 18.0 Å². The molecule has 34 heavy (non-hydrogen) atoms. The molecule has 1 N–H and O–H groups in total. The van der Waals surface area contributed by atoms with E-state index in [1.165, 1.54) is 30.5 Å². The lowest BCUT2D eigenvalue weighted by Crippen LogP contribution is -2.26. The molecule has 0 saturated heterocycles. The van der Waals surface area contributed by atoms with Crippen molar-refractivity contribution in [2.75, 3.05) is 6.54 Å². The number of benzene rings is 2. The molecule has 0 saturated carbocycles. The summed E-state index contributed by atoms with van der Waals surface area (Å²) in [6, 6.07) is 18.2. The number of amides is 1. The van der Waals surface area contributed by atoms with Crippen molar-refractivity contribution in [2.24, 2.45) is 0 Å². The molecule has 0 radical (unpaired) electrons. The molecule has 174 valence electrons. The smallest absolute Gasteiger partial charge is 0.273 e. The molecule has 0 fully saturated rings. The third-order valence-corrected chi connectivity index (χ3v) is 5.15. The third kappa shape index (κ3) is 6.79. The normalized spacial score (nSPS) is 11.0. The van der Waals surface area contributed by atoms with E-state index in [0.717, 1.165) is 16.8 Å². The van der Waals surface area contributed by atoms with Gasteiger partial charge >= 0.3 is 0 Å². The number of halogens is 2. The van der Waals surface area contributed by atoms with Gasteiger partial charge in [-0.15, -0.1) is 0 Å². The average molecular weight is 463 g/mol. The topological polar surface area (TPSA) is 71.3 Å². The predicted octanol–water partition coefficient (Wildman–Crippen LogP) is 4.52. The van der Waals surface area contributed by atoms with Crippen LogP contribution in [-0.4, -0.2) is 27.3 Å². The molecule has 4 aromatic rings. The Bertz CT molecular complexity index is 1210. The zero-order chi connectivity index (χ0) is 23.8. The minimum atomic E-state index is -0.332. The summed E-state index contributed by atoms with van der Waals surface area (Å²) in [5.41, 5.74) is 2.74. The van der Waals surface area contributed by atoms with Crippen LogP contribution in [0.4, 0.5) is 8.78 Å². The zero-order valence-electron chi connectivity index (χ0n) is 18.5. The Hall–Kier alpha value is -3.91. The van der Waals surface area contributed by atoms with Crippen LogP contribution in [0.1, 0.15) is 33.2 Å². The lowest BCUT2D eigenvalue weighted by atomic mass is 10.1. The fourth-order valence-corrected chi connectivity index (χ4v) is 3.53. The van der Waals surface area contributed by atoms with Crippen molar-refractivity contribution in [2.45, 2.75) is 26.1 Å². The van der Waals surface area contributed by atoms with Crippen molar-refractivity contribution in [3.63, 3.8) is 0 Å². The van der Waals surface area contributed by atoms with E-state index in [4.69, 9.17) is 4.42 Å². The van der Waals surface area contributed by atoms with Gasteiger partial charge in [0.05, 0.1) is 6.54 Å². The van der Waals surface area contributed by atoms with Crippen molar-refractivity contribution in [1.82, 2.24) is 20.2 Å². The van der Waals surface area contributed by atoms with Crippen molar-refractivity contribution >= 4 is 5.91 Å². The summed E-state index contributed by atoms with van der Waals surface area (Å²) in [6.07, 6.45) is 3.64. The first-order chi connectivity index (χ1) is 16.5. The predicted molar refractivity (Wildman–Crippen MR) is 123 cm³/mol. The molecule has 2 aromatic heterocycles. The van der Waals surface area contributed by atoms with Crippen LogP contribution in [0.3, 0.4) is 0 Å². The summed E-state index contributed by atoms with van der Waals surface area (Å²) in [6.45, 7) is 1.59. The summed E-state index contributed by atoms with van der Waals surface area (Å²) in [7, 11) is 0. The Morgan fingerprint density at radius 1 is 0.912 bits per heavy atom. The molecule has 0 unspecified atom stereocenters. The Balaban J connectivity index is 1.40. The molecule has 0 aliphatic heterocycles. The first-order valence-corrected chi connectivity index (χ1v) is 10.9. The fraction of sp³-hybridized carbons (Fsp3) is 0.192. The molecule has 2 heterocycles. The summed E-state index contributed by atoms with van der Waals surface area (Å²) >= 11 is 0. The van der Waals surface area contributed by atoms with Gasteiger partial charge in [0.25, 0.3) is 5.91 Å². The molecule has 0 atom stereocenters. The molecule has 0 aliphatic carbocycles. The zero-order valence-corrected chi connectivity index (χ0v) is 18.5. The summed E-state index contributed by atoms with van der Waals surface area (Å²) < 4.78 is 32.5. The van der Waals surface area contributed by atoms with Crippen LogP contribution in [0.25, 0.3) is 0 Å². The second-order valence-electron chi connectivity index (χ2n) is 7.86. The molecule has 0 spiro atoms. The Morgan fingerprint density at radius 2 is 1.74 bits per heavy atom. The molecular formula is C26H24F2N4O2. The number of pyridine rings is 1. The number of hydrogen-bond acceptors (Lipinski definition) is 5. The molecule has 8 heteroatoms. The van der Waals surface area contributed by atoms with E-state index in [1.54, 1.807) is 24.4 Å². The fourth-order valence-electron chi connectivity index (χ4n) is 3.53. The van der Waals surface area contributed by atoms with Crippen LogP contribution in [0.5, 0.6) is 0 Å². The van der Waals surface area contributed by atoms with Crippen LogP contribution in [0.2, 0.25) is 0 Å². The van der Waals surface area contributed by atoms with E-state index in [2.05, 4.69) is 15.3 Å². The number of rotatable bonds is 10. The van der Waals surface area contributed by atoms with Crippen LogP contribution in [0.15, 0.2) is 83.6 Å². The van der Waals surface area contributed by atoms with Crippen LogP contribution in [-0.2, 0) is 26.1 Å². The van der Waals surface area contributed by atoms with Crippen molar-refractivity contribution in [3.8, 4) is 0 Å². The van der Waals surface area contributed by atoms with Gasteiger partial charge in [-0.3, -0.25) is 14.7 Å². The van der Waals surface area contributed by atoms with Crippen LogP contribution in [0, 0.1) is 11.6 Å². The number of nitrogens with zero attached hydrogens (tertiary/aromatic N) is 3. The minimum absolute atomic E-state index is 0.184. The number of carbonyl (C=O) groups is 1. The van der Waals surface area contributed by atoms with Gasteiger partial charge in [-0.25, -0.2) is 13.8 Å². The van der Waals surface area contributed by atoms with E-state index in [-0.39, 0.29) is 29.8 Å². The van der Waals surface area contributed by atoms with E-state index < -0.39 is 0 Å². The van der Waals surface area contributed by atoms with Gasteiger partial charge in [-0.2, -0.15) is 0 Å². The number of oxazole rings is 1. The highest BCUT2D eigenvalue weighted by molar-refractivity contribution is 5.91. The van der Waals surface area contributed by atoms with E-state index in [0.29, 0.717) is 31.9 Å². The number of hydrogen-bond donors (Lipinski definition) is 1. The Morgan fingerprint density at radius 3 is 2.50 bits per heavy atom. The first-order valence-electron chi connectivity index (χ1n) is 10.9. The van der Waals surface area contributed by atoms with E-state index in [9.17, 15) is 13.6 Å². The highest BCUT2D eigenvalue weighted by Crippen LogP contribution is 2.16. The molecule has 2 aromatic carbocycles. The Labute approximate surface area is 196 Å². The molecule has 0 bridgehead atoms. The highest BCUT2D eigenvalue weighted by Gasteiger charge is 2.16. The summed E-state index contributed by atoms with van der Waals surface area (Å²) in [4.78, 5) is 23.0. The number of aromatic nitrogens is 2. The Kier molecular flexibility index (Phi) is 7.72. The van der Waals surface area contributed by atoms with E-state index >= 15 is 0 Å². The lowest BCUT2D eigenvalue weighted by Gasteiger charge is -2.21. The largest absolute Gasteiger partial charge is 0.447 e. The number of carbonyl (C=O) groups excluding carboxylic acids is 1. The van der Waals surface area contributed by atoms with Gasteiger partial charge in [0.1, 0.15) is 17.9 Å². The van der Waals surface area contributed by atoms with Gasteiger partial charge in [-0.05, 0) is 47.5 Å². The van der Waals surface area contributed by atoms with Gasteiger partial charge in [0.15, 0.2) is 5.69 Å².